The summed E-state index contributed by atoms with van der Waals surface area (Å²) in [4.78, 5) is 0. The lowest BCUT2D eigenvalue weighted by Gasteiger charge is -2.46. The van der Waals surface area contributed by atoms with E-state index >= 15 is 0 Å². The molecule has 3 heteroatoms. The first-order valence-corrected chi connectivity index (χ1v) is 10.1. The van der Waals surface area contributed by atoms with E-state index in [1.54, 1.807) is 0 Å². The lowest BCUT2D eigenvalue weighted by molar-refractivity contribution is 0.0604. The molecule has 0 aromatic heterocycles. The molecule has 2 saturated carbocycles. The average Bonchev–Trinajstić information content (AvgIpc) is 3.01. The second-order valence-corrected chi connectivity index (χ2v) is 8.82. The second kappa shape index (κ2) is 6.27. The third-order valence-electron chi connectivity index (χ3n) is 6.12. The van der Waals surface area contributed by atoms with Crippen LogP contribution in [0.25, 0.3) is 0 Å². The molecule has 0 heterocycles. The van der Waals surface area contributed by atoms with Gasteiger partial charge < -0.3 is 8.85 Å². The second-order valence-electron chi connectivity index (χ2n) is 6.89. The molecule has 2 fully saturated rings. The van der Waals surface area contributed by atoms with Crippen LogP contribution in [0.2, 0.25) is 6.04 Å². The van der Waals surface area contributed by atoms with Gasteiger partial charge in [0.2, 0.25) is 0 Å². The van der Waals surface area contributed by atoms with Crippen molar-refractivity contribution < 1.29 is 8.85 Å². The van der Waals surface area contributed by atoms with Gasteiger partial charge in [-0.15, -0.1) is 0 Å². The average molecular weight is 285 g/mol. The van der Waals surface area contributed by atoms with Gasteiger partial charge in [0.1, 0.15) is 0 Å². The number of fused-ring (bicyclic) bond motifs is 2. The van der Waals surface area contributed by atoms with Gasteiger partial charge in [0.25, 0.3) is 0 Å². The van der Waals surface area contributed by atoms with E-state index in [0.29, 0.717) is 10.8 Å². The van der Waals surface area contributed by atoms with E-state index in [1.807, 2.05) is 0 Å². The third kappa shape index (κ3) is 2.93. The van der Waals surface area contributed by atoms with E-state index in [9.17, 15) is 0 Å². The molecule has 19 heavy (non-hydrogen) atoms. The maximum atomic E-state index is 5.96. The minimum atomic E-state index is -1.47. The zero-order valence-electron chi connectivity index (χ0n) is 13.3. The number of hydrogen-bond acceptors (Lipinski definition) is 2. The molecule has 112 valence electrons. The molecule has 0 aromatic rings. The predicted molar refractivity (Wildman–Crippen MR) is 82.6 cm³/mol. The van der Waals surface area contributed by atoms with Gasteiger partial charge in [0.15, 0.2) is 0 Å². The zero-order chi connectivity index (χ0) is 13.9. The Bertz CT molecular complexity index is 280. The Kier molecular flexibility index (Phi) is 5.13. The van der Waals surface area contributed by atoms with E-state index in [-0.39, 0.29) is 0 Å². The molecule has 0 saturated heterocycles. The first-order valence-electron chi connectivity index (χ1n) is 8.32. The molecule has 1 unspecified atom stereocenters. The topological polar surface area (TPSA) is 18.5 Å². The minimum Gasteiger partial charge on any atom is -0.397 e. The van der Waals surface area contributed by atoms with Gasteiger partial charge in [0, 0.05) is 13.2 Å². The van der Waals surface area contributed by atoms with E-state index < -0.39 is 9.28 Å². The van der Waals surface area contributed by atoms with Crippen LogP contribution in [0.3, 0.4) is 0 Å². The van der Waals surface area contributed by atoms with Gasteiger partial charge in [-0.25, -0.2) is 0 Å². The van der Waals surface area contributed by atoms with E-state index in [0.717, 1.165) is 19.1 Å². The quantitative estimate of drug-likeness (QED) is 0.620. The van der Waals surface area contributed by atoms with Crippen molar-refractivity contribution in [2.75, 3.05) is 13.2 Å². The molecule has 2 nitrogen and oxygen atoms in total. The van der Waals surface area contributed by atoms with Crippen LogP contribution < -0.4 is 0 Å². The summed E-state index contributed by atoms with van der Waals surface area (Å²) in [7, 11) is -1.47. The monoisotopic (exact) mass is 284 g/mol. The SMILES string of the molecule is CCO[SiH](CC(C)(CC)C12CCC(CC1)C2)OCC. The minimum absolute atomic E-state index is 0.444. The highest BCUT2D eigenvalue weighted by atomic mass is 28.3. The van der Waals surface area contributed by atoms with Crippen LogP contribution in [0.1, 0.15) is 66.2 Å². The fourth-order valence-electron chi connectivity index (χ4n) is 4.68. The van der Waals surface area contributed by atoms with E-state index in [4.69, 9.17) is 8.85 Å². The molecule has 2 rings (SSSR count). The summed E-state index contributed by atoms with van der Waals surface area (Å²) in [5, 5.41) is 0. The highest BCUT2D eigenvalue weighted by molar-refractivity contribution is 6.44. The van der Waals surface area contributed by atoms with Crippen molar-refractivity contribution in [2.45, 2.75) is 72.3 Å². The van der Waals surface area contributed by atoms with Crippen molar-refractivity contribution >= 4 is 9.28 Å². The van der Waals surface area contributed by atoms with Crippen molar-refractivity contribution in [1.82, 2.24) is 0 Å². The van der Waals surface area contributed by atoms with E-state index in [1.165, 1.54) is 44.6 Å². The highest BCUT2D eigenvalue weighted by Crippen LogP contribution is 2.65. The molecule has 2 aliphatic carbocycles. The maximum absolute atomic E-state index is 5.96. The fraction of sp³-hybridized carbons (Fsp3) is 1.00. The standard InChI is InChI=1S/C16H32O2Si/c1-5-15(4,13-19(17-6-2)18-7-3)16-10-8-14(12-16)9-11-16/h14,19H,5-13H2,1-4H3. The van der Waals surface area contributed by atoms with Crippen LogP contribution in [-0.2, 0) is 8.85 Å². The van der Waals surface area contributed by atoms with Crippen LogP contribution in [0.5, 0.6) is 0 Å². The number of rotatable bonds is 8. The van der Waals surface area contributed by atoms with Gasteiger partial charge >= 0.3 is 9.28 Å². The molecule has 0 N–H and O–H groups in total. The van der Waals surface area contributed by atoms with Crippen molar-refractivity contribution in [2.24, 2.45) is 16.7 Å². The van der Waals surface area contributed by atoms with Gasteiger partial charge in [-0.05, 0) is 68.7 Å². The lowest BCUT2D eigenvalue weighted by atomic mass is 9.62. The summed E-state index contributed by atoms with van der Waals surface area (Å²) in [6.45, 7) is 10.7. The molecular weight excluding hydrogens is 252 g/mol. The molecular formula is C16H32O2Si. The Morgan fingerprint density at radius 3 is 2.05 bits per heavy atom. The smallest absolute Gasteiger partial charge is 0.321 e. The summed E-state index contributed by atoms with van der Waals surface area (Å²) in [5.74, 6) is 1.03. The molecule has 0 spiro atoms. The number of hydrogen-bond donors (Lipinski definition) is 0. The molecule has 0 aromatic carbocycles. The van der Waals surface area contributed by atoms with Crippen LogP contribution in [0, 0.1) is 16.7 Å². The normalized spacial score (nSPS) is 33.0. The van der Waals surface area contributed by atoms with Crippen molar-refractivity contribution in [3.63, 3.8) is 0 Å². The van der Waals surface area contributed by atoms with Crippen molar-refractivity contribution in [3.05, 3.63) is 0 Å². The highest BCUT2D eigenvalue weighted by Gasteiger charge is 2.55. The van der Waals surface area contributed by atoms with Gasteiger partial charge in [-0.1, -0.05) is 20.3 Å². The van der Waals surface area contributed by atoms with Gasteiger partial charge in [-0.2, -0.15) is 0 Å². The Morgan fingerprint density at radius 2 is 1.68 bits per heavy atom. The van der Waals surface area contributed by atoms with E-state index in [2.05, 4.69) is 27.7 Å². The van der Waals surface area contributed by atoms with Gasteiger partial charge in [0.05, 0.1) is 0 Å². The first kappa shape index (κ1) is 15.5. The van der Waals surface area contributed by atoms with Crippen LogP contribution >= 0.6 is 0 Å². The Balaban J connectivity index is 2.08. The summed E-state index contributed by atoms with van der Waals surface area (Å²) >= 11 is 0. The summed E-state index contributed by atoms with van der Waals surface area (Å²) in [6.07, 6.45) is 8.64. The molecule has 2 bridgehead atoms. The molecule has 0 amide bonds. The Labute approximate surface area is 121 Å². The zero-order valence-corrected chi connectivity index (χ0v) is 14.5. The molecule has 2 aliphatic rings. The Hall–Kier alpha value is 0.137. The van der Waals surface area contributed by atoms with Crippen molar-refractivity contribution in [1.29, 1.82) is 0 Å². The molecule has 0 aliphatic heterocycles. The maximum Gasteiger partial charge on any atom is 0.321 e. The van der Waals surface area contributed by atoms with Crippen LogP contribution in [-0.4, -0.2) is 22.5 Å². The third-order valence-corrected chi connectivity index (χ3v) is 8.77. The van der Waals surface area contributed by atoms with Crippen LogP contribution in [0.4, 0.5) is 0 Å². The molecule has 1 atom stereocenters. The lowest BCUT2D eigenvalue weighted by Crippen LogP contribution is -2.41. The summed E-state index contributed by atoms with van der Waals surface area (Å²) in [6, 6.07) is 1.21. The first-order chi connectivity index (χ1) is 9.09. The largest absolute Gasteiger partial charge is 0.397 e. The Morgan fingerprint density at radius 1 is 1.11 bits per heavy atom. The molecule has 0 radical (unpaired) electrons. The summed E-state index contributed by atoms with van der Waals surface area (Å²) < 4.78 is 11.9. The van der Waals surface area contributed by atoms with Crippen LogP contribution in [0.15, 0.2) is 0 Å². The predicted octanol–water partition coefficient (Wildman–Crippen LogP) is 4.28. The fourth-order valence-corrected chi connectivity index (χ4v) is 7.22. The van der Waals surface area contributed by atoms with Crippen molar-refractivity contribution in [3.8, 4) is 0 Å². The summed E-state index contributed by atoms with van der Waals surface area (Å²) in [5.41, 5.74) is 1.06. The van der Waals surface area contributed by atoms with Gasteiger partial charge in [-0.3, -0.25) is 0 Å².